The normalized spacial score (nSPS) is 17.9. The smallest absolute Gasteiger partial charge is 0.410 e. The molecule has 0 saturated carbocycles. The van der Waals surface area contributed by atoms with E-state index in [9.17, 15) is 4.79 Å². The van der Waals surface area contributed by atoms with Crippen LogP contribution in [0, 0.1) is 6.92 Å². The molecule has 0 bridgehead atoms. The molecule has 1 aromatic heterocycles. The SMILES string of the molecule is Cc1cncc(COC2(C)CCN(C(=O)OC(C)(C)C)CC2)c1. The van der Waals surface area contributed by atoms with E-state index in [1.165, 1.54) is 0 Å². The molecule has 1 aromatic rings. The van der Waals surface area contributed by atoms with Crippen molar-refractivity contribution in [2.24, 2.45) is 0 Å². The first kappa shape index (κ1) is 17.7. The Morgan fingerprint density at radius 3 is 2.52 bits per heavy atom. The van der Waals surface area contributed by atoms with Gasteiger partial charge in [0.25, 0.3) is 0 Å². The van der Waals surface area contributed by atoms with Gasteiger partial charge in [0.2, 0.25) is 0 Å². The standard InChI is InChI=1S/C18H28N2O3/c1-14-10-15(12-19-11-14)13-22-18(5)6-8-20(9-7-18)16(21)23-17(2,3)4/h10-12H,6-9,13H2,1-5H3. The lowest BCUT2D eigenvalue weighted by atomic mass is 9.93. The molecule has 23 heavy (non-hydrogen) atoms. The maximum atomic E-state index is 12.1. The molecule has 1 aliphatic heterocycles. The number of nitrogens with zero attached hydrogens (tertiary/aromatic N) is 2. The average Bonchev–Trinajstić information content (AvgIpc) is 2.44. The Hall–Kier alpha value is -1.62. The van der Waals surface area contributed by atoms with Gasteiger partial charge in [0, 0.05) is 25.5 Å². The third-order valence-corrected chi connectivity index (χ3v) is 3.99. The molecule has 2 rings (SSSR count). The molecule has 0 atom stereocenters. The zero-order valence-corrected chi connectivity index (χ0v) is 14.9. The lowest BCUT2D eigenvalue weighted by Crippen LogP contribution is -2.47. The van der Waals surface area contributed by atoms with Gasteiger partial charge in [0.15, 0.2) is 0 Å². The molecule has 0 radical (unpaired) electrons. The first-order valence-electron chi connectivity index (χ1n) is 8.19. The molecule has 5 nitrogen and oxygen atoms in total. The summed E-state index contributed by atoms with van der Waals surface area (Å²) < 4.78 is 11.5. The van der Waals surface area contributed by atoms with Crippen molar-refractivity contribution in [1.82, 2.24) is 9.88 Å². The van der Waals surface area contributed by atoms with E-state index in [0.717, 1.165) is 24.0 Å². The molecule has 0 unspecified atom stereocenters. The molecule has 128 valence electrons. The van der Waals surface area contributed by atoms with Crippen LogP contribution in [0.25, 0.3) is 0 Å². The van der Waals surface area contributed by atoms with E-state index in [1.54, 1.807) is 4.90 Å². The second-order valence-corrected chi connectivity index (χ2v) is 7.58. The Kier molecular flexibility index (Phi) is 5.30. The van der Waals surface area contributed by atoms with Crippen LogP contribution < -0.4 is 0 Å². The van der Waals surface area contributed by atoms with Crippen LogP contribution in [-0.4, -0.2) is 40.3 Å². The van der Waals surface area contributed by atoms with E-state index < -0.39 is 5.60 Å². The maximum Gasteiger partial charge on any atom is 0.410 e. The fraction of sp³-hybridized carbons (Fsp3) is 0.667. The molecule has 5 heteroatoms. The molecule has 1 saturated heterocycles. The van der Waals surface area contributed by atoms with Crippen molar-refractivity contribution in [3.05, 3.63) is 29.6 Å². The Morgan fingerprint density at radius 2 is 1.96 bits per heavy atom. The van der Waals surface area contributed by atoms with E-state index >= 15 is 0 Å². The Morgan fingerprint density at radius 1 is 1.30 bits per heavy atom. The second kappa shape index (κ2) is 6.87. The predicted octanol–water partition coefficient (Wildman–Crippen LogP) is 3.70. The number of likely N-dealkylation sites (tertiary alicyclic amines) is 1. The van der Waals surface area contributed by atoms with Crippen molar-refractivity contribution in [2.45, 2.75) is 65.3 Å². The molecule has 0 aliphatic carbocycles. The van der Waals surface area contributed by atoms with Gasteiger partial charge in [-0.3, -0.25) is 4.98 Å². The first-order valence-corrected chi connectivity index (χ1v) is 8.19. The van der Waals surface area contributed by atoms with Crippen molar-refractivity contribution in [3.63, 3.8) is 0 Å². The second-order valence-electron chi connectivity index (χ2n) is 7.58. The number of piperidine rings is 1. The molecular weight excluding hydrogens is 292 g/mol. The third-order valence-electron chi connectivity index (χ3n) is 3.99. The van der Waals surface area contributed by atoms with Gasteiger partial charge in [-0.25, -0.2) is 4.79 Å². The number of carbonyl (C=O) groups excluding carboxylic acids is 1. The largest absolute Gasteiger partial charge is 0.444 e. The summed E-state index contributed by atoms with van der Waals surface area (Å²) in [5.41, 5.74) is 1.56. The van der Waals surface area contributed by atoms with E-state index in [-0.39, 0.29) is 11.7 Å². The summed E-state index contributed by atoms with van der Waals surface area (Å²) in [5.74, 6) is 0. The minimum Gasteiger partial charge on any atom is -0.444 e. The lowest BCUT2D eigenvalue weighted by molar-refractivity contribution is -0.0812. The zero-order chi connectivity index (χ0) is 17.1. The van der Waals surface area contributed by atoms with Crippen molar-refractivity contribution < 1.29 is 14.3 Å². The minimum atomic E-state index is -0.452. The van der Waals surface area contributed by atoms with Crippen LogP contribution in [0.4, 0.5) is 4.79 Å². The van der Waals surface area contributed by atoms with E-state index in [1.807, 2.05) is 40.1 Å². The summed E-state index contributed by atoms with van der Waals surface area (Å²) >= 11 is 0. The van der Waals surface area contributed by atoms with Crippen molar-refractivity contribution in [3.8, 4) is 0 Å². The van der Waals surface area contributed by atoms with Gasteiger partial charge in [-0.05, 0) is 58.6 Å². The molecule has 1 fully saturated rings. The number of amides is 1. The highest BCUT2D eigenvalue weighted by Gasteiger charge is 2.34. The van der Waals surface area contributed by atoms with E-state index in [4.69, 9.17) is 9.47 Å². The number of rotatable bonds is 3. The number of hydrogen-bond donors (Lipinski definition) is 0. The van der Waals surface area contributed by atoms with Gasteiger partial charge in [-0.15, -0.1) is 0 Å². The van der Waals surface area contributed by atoms with Crippen LogP contribution in [0.15, 0.2) is 18.5 Å². The van der Waals surface area contributed by atoms with Crippen molar-refractivity contribution in [1.29, 1.82) is 0 Å². The highest BCUT2D eigenvalue weighted by molar-refractivity contribution is 5.68. The van der Waals surface area contributed by atoms with Gasteiger partial charge in [0.1, 0.15) is 5.60 Å². The van der Waals surface area contributed by atoms with Gasteiger partial charge >= 0.3 is 6.09 Å². The third kappa shape index (κ3) is 5.50. The van der Waals surface area contributed by atoms with Crippen LogP contribution in [0.2, 0.25) is 0 Å². The molecule has 0 aromatic carbocycles. The number of pyridine rings is 1. The molecule has 0 spiro atoms. The minimum absolute atomic E-state index is 0.206. The Balaban J connectivity index is 1.83. The quantitative estimate of drug-likeness (QED) is 0.852. The van der Waals surface area contributed by atoms with Crippen molar-refractivity contribution >= 4 is 6.09 Å². The summed E-state index contributed by atoms with van der Waals surface area (Å²) in [5, 5.41) is 0. The van der Waals surface area contributed by atoms with E-state index in [2.05, 4.69) is 18.0 Å². The molecule has 1 aliphatic rings. The van der Waals surface area contributed by atoms with Gasteiger partial charge in [-0.2, -0.15) is 0 Å². The van der Waals surface area contributed by atoms with Crippen LogP contribution in [0.3, 0.4) is 0 Å². The molecular formula is C18H28N2O3. The highest BCUT2D eigenvalue weighted by atomic mass is 16.6. The molecule has 1 amide bonds. The summed E-state index contributed by atoms with van der Waals surface area (Å²) in [4.78, 5) is 18.1. The molecule has 2 heterocycles. The fourth-order valence-electron chi connectivity index (χ4n) is 2.59. The predicted molar refractivity (Wildman–Crippen MR) is 89.2 cm³/mol. The average molecular weight is 320 g/mol. The summed E-state index contributed by atoms with van der Waals surface area (Å²) in [6, 6.07) is 2.09. The van der Waals surface area contributed by atoms with E-state index in [0.29, 0.717) is 19.7 Å². The summed E-state index contributed by atoms with van der Waals surface area (Å²) in [7, 11) is 0. The fourth-order valence-corrected chi connectivity index (χ4v) is 2.59. The number of aryl methyl sites for hydroxylation is 1. The van der Waals surface area contributed by atoms with Gasteiger partial charge in [0.05, 0.1) is 12.2 Å². The number of ether oxygens (including phenoxy) is 2. The number of aromatic nitrogens is 1. The van der Waals surface area contributed by atoms with Gasteiger partial charge < -0.3 is 14.4 Å². The van der Waals surface area contributed by atoms with Crippen LogP contribution in [0.1, 0.15) is 51.7 Å². The number of carbonyl (C=O) groups is 1. The number of hydrogen-bond acceptors (Lipinski definition) is 4. The summed E-state index contributed by atoms with van der Waals surface area (Å²) in [6.45, 7) is 11.7. The maximum absolute atomic E-state index is 12.1. The van der Waals surface area contributed by atoms with Gasteiger partial charge in [-0.1, -0.05) is 6.07 Å². The van der Waals surface area contributed by atoms with Crippen LogP contribution in [0.5, 0.6) is 0 Å². The van der Waals surface area contributed by atoms with Crippen LogP contribution >= 0.6 is 0 Å². The Bertz CT molecular complexity index is 543. The van der Waals surface area contributed by atoms with Crippen LogP contribution in [-0.2, 0) is 16.1 Å². The topological polar surface area (TPSA) is 51.7 Å². The zero-order valence-electron chi connectivity index (χ0n) is 14.9. The Labute approximate surface area is 139 Å². The first-order chi connectivity index (χ1) is 10.7. The molecule has 0 N–H and O–H groups in total. The lowest BCUT2D eigenvalue weighted by Gasteiger charge is -2.39. The monoisotopic (exact) mass is 320 g/mol. The van der Waals surface area contributed by atoms with Crippen molar-refractivity contribution in [2.75, 3.05) is 13.1 Å². The highest BCUT2D eigenvalue weighted by Crippen LogP contribution is 2.28. The summed E-state index contributed by atoms with van der Waals surface area (Å²) in [6.07, 6.45) is 5.07.